The molecule has 3 aromatic rings. The number of nitrogens with zero attached hydrogens (tertiary/aromatic N) is 3. The number of benzene rings is 1. The molecule has 1 fully saturated rings. The van der Waals surface area contributed by atoms with E-state index in [1.165, 1.54) is 15.9 Å². The molecule has 0 atom stereocenters. The molecule has 0 aliphatic carbocycles. The maximum absolute atomic E-state index is 12.4. The van der Waals surface area contributed by atoms with Crippen LogP contribution in [0.5, 0.6) is 0 Å². The highest BCUT2D eigenvalue weighted by Crippen LogP contribution is 2.22. The minimum Gasteiger partial charge on any atom is -0.339 e. The van der Waals surface area contributed by atoms with Crippen LogP contribution >= 0.6 is 11.3 Å². The van der Waals surface area contributed by atoms with Gasteiger partial charge in [-0.2, -0.15) is 0 Å². The van der Waals surface area contributed by atoms with Crippen LogP contribution in [0.2, 0.25) is 0 Å². The summed E-state index contributed by atoms with van der Waals surface area (Å²) in [5.74, 6) is 0.114. The molecule has 25 heavy (non-hydrogen) atoms. The van der Waals surface area contributed by atoms with E-state index in [0.717, 1.165) is 36.4 Å². The molecule has 1 aliphatic rings. The van der Waals surface area contributed by atoms with Crippen molar-refractivity contribution in [2.45, 2.75) is 19.4 Å². The molecule has 1 saturated heterocycles. The Labute approximate surface area is 148 Å². The summed E-state index contributed by atoms with van der Waals surface area (Å²) in [6, 6.07) is 11.2. The molecule has 0 N–H and O–H groups in total. The largest absolute Gasteiger partial charge is 0.442 e. The highest BCUT2D eigenvalue weighted by atomic mass is 32.1. The first-order chi connectivity index (χ1) is 12.2. The van der Waals surface area contributed by atoms with Gasteiger partial charge in [-0.15, -0.1) is 11.3 Å². The second-order valence-electron chi connectivity index (χ2n) is 6.03. The fraction of sp³-hybridized carbons (Fsp3) is 0.278. The van der Waals surface area contributed by atoms with Gasteiger partial charge in [-0.05, 0) is 42.0 Å². The van der Waals surface area contributed by atoms with E-state index in [2.05, 4.69) is 5.16 Å². The first-order valence-corrected chi connectivity index (χ1v) is 9.09. The number of carbonyl (C=O) groups excluding carboxylic acids is 1. The highest BCUT2D eigenvalue weighted by Gasteiger charge is 2.19. The highest BCUT2D eigenvalue weighted by molar-refractivity contribution is 7.13. The second kappa shape index (κ2) is 6.68. The maximum Gasteiger partial charge on any atom is 0.442 e. The lowest BCUT2D eigenvalue weighted by atomic mass is 10.1. The van der Waals surface area contributed by atoms with Gasteiger partial charge in [-0.25, -0.2) is 4.79 Å². The lowest BCUT2D eigenvalue weighted by Crippen LogP contribution is -2.27. The molecule has 0 spiro atoms. The summed E-state index contributed by atoms with van der Waals surface area (Å²) in [4.78, 5) is 27.1. The Morgan fingerprint density at radius 1 is 1.16 bits per heavy atom. The van der Waals surface area contributed by atoms with E-state index in [4.69, 9.17) is 4.52 Å². The average molecular weight is 355 g/mol. The van der Waals surface area contributed by atoms with Crippen LogP contribution in [0.25, 0.3) is 10.7 Å². The third-order valence-electron chi connectivity index (χ3n) is 4.36. The Morgan fingerprint density at radius 3 is 2.60 bits per heavy atom. The lowest BCUT2D eigenvalue weighted by molar-refractivity contribution is 0.0793. The molecule has 6 nitrogen and oxygen atoms in total. The molecule has 2 aromatic heterocycles. The quantitative estimate of drug-likeness (QED) is 0.722. The SMILES string of the molecule is O=C(c1ccc(Cn2c(-c3cccs3)noc2=O)cc1)N1CCCC1. The van der Waals surface area contributed by atoms with Gasteiger partial charge < -0.3 is 4.90 Å². The average Bonchev–Trinajstić information content (AvgIpc) is 3.38. The topological polar surface area (TPSA) is 68.3 Å². The molecule has 1 amide bonds. The van der Waals surface area contributed by atoms with Gasteiger partial charge in [0, 0.05) is 18.7 Å². The van der Waals surface area contributed by atoms with Crippen molar-refractivity contribution < 1.29 is 9.32 Å². The molecule has 0 saturated carbocycles. The number of carbonyl (C=O) groups is 1. The van der Waals surface area contributed by atoms with Crippen LogP contribution in [-0.2, 0) is 6.54 Å². The number of likely N-dealkylation sites (tertiary alicyclic amines) is 1. The number of hydrogen-bond acceptors (Lipinski definition) is 5. The number of aromatic nitrogens is 2. The van der Waals surface area contributed by atoms with Crippen molar-refractivity contribution in [3.8, 4) is 10.7 Å². The van der Waals surface area contributed by atoms with E-state index in [-0.39, 0.29) is 5.91 Å². The summed E-state index contributed by atoms with van der Waals surface area (Å²) in [7, 11) is 0. The van der Waals surface area contributed by atoms with Crippen molar-refractivity contribution in [2.75, 3.05) is 13.1 Å². The fourth-order valence-corrected chi connectivity index (χ4v) is 3.74. The van der Waals surface area contributed by atoms with Crippen molar-refractivity contribution >= 4 is 17.2 Å². The smallest absolute Gasteiger partial charge is 0.339 e. The molecular weight excluding hydrogens is 338 g/mol. The minimum atomic E-state index is -0.486. The Kier molecular flexibility index (Phi) is 4.23. The van der Waals surface area contributed by atoms with Gasteiger partial charge >= 0.3 is 5.76 Å². The van der Waals surface area contributed by atoms with Gasteiger partial charge in [0.05, 0.1) is 11.4 Å². The van der Waals surface area contributed by atoms with Crippen molar-refractivity contribution in [1.82, 2.24) is 14.6 Å². The molecular formula is C18H17N3O3S. The minimum absolute atomic E-state index is 0.0745. The zero-order chi connectivity index (χ0) is 17.2. The number of thiophene rings is 1. The van der Waals surface area contributed by atoms with Crippen LogP contribution in [0, 0.1) is 0 Å². The molecule has 0 unspecified atom stereocenters. The van der Waals surface area contributed by atoms with Gasteiger partial charge in [0.2, 0.25) is 0 Å². The summed E-state index contributed by atoms with van der Waals surface area (Å²) < 4.78 is 6.33. The zero-order valence-electron chi connectivity index (χ0n) is 13.6. The molecule has 1 aliphatic heterocycles. The van der Waals surface area contributed by atoms with Crippen molar-refractivity contribution in [3.63, 3.8) is 0 Å². The van der Waals surface area contributed by atoms with Gasteiger partial charge in [0.25, 0.3) is 5.91 Å². The normalized spacial score (nSPS) is 14.2. The van der Waals surface area contributed by atoms with Crippen LogP contribution in [-0.4, -0.2) is 33.6 Å². The van der Waals surface area contributed by atoms with E-state index < -0.39 is 5.76 Å². The van der Waals surface area contributed by atoms with E-state index >= 15 is 0 Å². The molecule has 3 heterocycles. The Bertz CT molecular complexity index is 919. The monoisotopic (exact) mass is 355 g/mol. The summed E-state index contributed by atoms with van der Waals surface area (Å²) >= 11 is 1.50. The van der Waals surface area contributed by atoms with Crippen LogP contribution in [0.4, 0.5) is 0 Å². The van der Waals surface area contributed by atoms with Crippen LogP contribution < -0.4 is 5.76 Å². The Morgan fingerprint density at radius 2 is 1.92 bits per heavy atom. The number of rotatable bonds is 4. The lowest BCUT2D eigenvalue weighted by Gasteiger charge is -2.15. The predicted octanol–water partition coefficient (Wildman–Crippen LogP) is 2.85. The summed E-state index contributed by atoms with van der Waals surface area (Å²) in [6.07, 6.45) is 2.15. The number of hydrogen-bond donors (Lipinski definition) is 0. The number of amides is 1. The van der Waals surface area contributed by atoms with Gasteiger partial charge in [-0.1, -0.05) is 23.4 Å². The fourth-order valence-electron chi connectivity index (χ4n) is 3.03. The molecule has 7 heteroatoms. The van der Waals surface area contributed by atoms with Crippen molar-refractivity contribution in [2.24, 2.45) is 0 Å². The maximum atomic E-state index is 12.4. The van der Waals surface area contributed by atoms with E-state index in [9.17, 15) is 9.59 Å². The van der Waals surface area contributed by atoms with Gasteiger partial charge in [-0.3, -0.25) is 13.9 Å². The summed E-state index contributed by atoms with van der Waals surface area (Å²) in [5, 5.41) is 5.81. The second-order valence-corrected chi connectivity index (χ2v) is 6.98. The van der Waals surface area contributed by atoms with Crippen LogP contribution in [0.15, 0.2) is 51.1 Å². The first-order valence-electron chi connectivity index (χ1n) is 8.21. The Hall–Kier alpha value is -2.67. The van der Waals surface area contributed by atoms with Crippen molar-refractivity contribution in [1.29, 1.82) is 0 Å². The van der Waals surface area contributed by atoms with Crippen LogP contribution in [0.3, 0.4) is 0 Å². The van der Waals surface area contributed by atoms with Gasteiger partial charge in [0.1, 0.15) is 0 Å². The zero-order valence-corrected chi connectivity index (χ0v) is 14.4. The van der Waals surface area contributed by atoms with Gasteiger partial charge in [0.15, 0.2) is 5.82 Å². The van der Waals surface area contributed by atoms with Crippen LogP contribution in [0.1, 0.15) is 28.8 Å². The molecule has 0 bridgehead atoms. The summed E-state index contributed by atoms with van der Waals surface area (Å²) in [5.41, 5.74) is 1.60. The molecule has 128 valence electrons. The summed E-state index contributed by atoms with van der Waals surface area (Å²) in [6.45, 7) is 2.02. The first kappa shape index (κ1) is 15.8. The predicted molar refractivity (Wildman–Crippen MR) is 94.8 cm³/mol. The Balaban J connectivity index is 1.55. The third-order valence-corrected chi connectivity index (χ3v) is 5.23. The molecule has 1 aromatic carbocycles. The van der Waals surface area contributed by atoms with E-state index in [1.54, 1.807) is 0 Å². The molecule has 4 rings (SSSR count). The van der Waals surface area contributed by atoms with E-state index in [0.29, 0.717) is 17.9 Å². The molecule has 0 radical (unpaired) electrons. The van der Waals surface area contributed by atoms with E-state index in [1.807, 2.05) is 46.7 Å². The third kappa shape index (κ3) is 3.15. The standard InChI is InChI=1S/C18H17N3O3S/c22-17(20-9-1-2-10-20)14-7-5-13(6-8-14)12-21-16(19-24-18(21)23)15-4-3-11-25-15/h3-8,11H,1-2,9-10,12H2. The van der Waals surface area contributed by atoms with Crippen molar-refractivity contribution in [3.05, 3.63) is 63.5 Å².